The molecule has 0 unspecified atom stereocenters. The number of imide groups is 1. The van der Waals surface area contributed by atoms with E-state index in [1.54, 1.807) is 6.07 Å². The van der Waals surface area contributed by atoms with Gasteiger partial charge in [-0.2, -0.15) is 0 Å². The van der Waals surface area contributed by atoms with Gasteiger partial charge < -0.3 is 0 Å². The molecule has 0 radical (unpaired) electrons. The van der Waals surface area contributed by atoms with Crippen LogP contribution in [0, 0.1) is 6.92 Å². The topological polar surface area (TPSA) is 37.4 Å². The summed E-state index contributed by atoms with van der Waals surface area (Å²) >= 11 is 5.97. The first-order chi connectivity index (χ1) is 9.08. The van der Waals surface area contributed by atoms with Gasteiger partial charge in [0.2, 0.25) is 0 Å². The van der Waals surface area contributed by atoms with Gasteiger partial charge in [-0.05, 0) is 30.0 Å². The van der Waals surface area contributed by atoms with Crippen molar-refractivity contribution in [3.8, 4) is 0 Å². The second kappa shape index (κ2) is 4.21. The van der Waals surface area contributed by atoms with Gasteiger partial charge >= 0.3 is 0 Å². The Morgan fingerprint density at radius 3 is 2.37 bits per heavy atom. The average Bonchev–Trinajstić information content (AvgIpc) is 2.70. The number of benzene rings is 2. The third kappa shape index (κ3) is 1.83. The zero-order valence-corrected chi connectivity index (χ0v) is 10.9. The molecule has 0 spiro atoms. The Kier molecular flexibility index (Phi) is 2.64. The molecular weight excluding hydrogens is 262 g/mol. The molecule has 19 heavy (non-hydrogen) atoms. The number of amides is 2. The maximum atomic E-state index is 11.8. The van der Waals surface area contributed by atoms with Gasteiger partial charge in [-0.15, -0.1) is 0 Å². The lowest BCUT2D eigenvalue weighted by Gasteiger charge is -2.19. The van der Waals surface area contributed by atoms with Crippen molar-refractivity contribution in [2.24, 2.45) is 0 Å². The first-order valence-corrected chi connectivity index (χ1v) is 6.21. The molecule has 0 aromatic heterocycles. The van der Waals surface area contributed by atoms with E-state index in [1.807, 2.05) is 31.2 Å². The van der Waals surface area contributed by atoms with Crippen molar-refractivity contribution in [1.82, 2.24) is 0 Å². The zero-order valence-electron chi connectivity index (χ0n) is 10.2. The molecule has 1 aliphatic rings. The van der Waals surface area contributed by atoms with E-state index in [0.717, 1.165) is 16.3 Å². The molecule has 0 saturated carbocycles. The summed E-state index contributed by atoms with van der Waals surface area (Å²) in [6.07, 6.45) is 2.58. The molecule has 3 rings (SSSR count). The predicted molar refractivity (Wildman–Crippen MR) is 75.3 cm³/mol. The van der Waals surface area contributed by atoms with Crippen molar-refractivity contribution in [2.45, 2.75) is 6.92 Å². The summed E-state index contributed by atoms with van der Waals surface area (Å²) < 4.78 is 0. The Hall–Kier alpha value is -2.13. The first kappa shape index (κ1) is 11.9. The largest absolute Gasteiger partial charge is 0.269 e. The number of carbonyl (C=O) groups is 2. The minimum Gasteiger partial charge on any atom is -0.269 e. The average molecular weight is 272 g/mol. The Balaban J connectivity index is 2.31. The third-order valence-corrected chi connectivity index (χ3v) is 3.42. The molecule has 94 valence electrons. The van der Waals surface area contributed by atoms with Gasteiger partial charge in [-0.25, -0.2) is 4.90 Å². The van der Waals surface area contributed by atoms with Crippen LogP contribution in [0.25, 0.3) is 10.8 Å². The summed E-state index contributed by atoms with van der Waals surface area (Å²) in [5.41, 5.74) is 1.51. The fourth-order valence-electron chi connectivity index (χ4n) is 2.31. The highest BCUT2D eigenvalue weighted by Crippen LogP contribution is 2.33. The van der Waals surface area contributed by atoms with E-state index in [1.165, 1.54) is 17.1 Å². The van der Waals surface area contributed by atoms with Gasteiger partial charge in [-0.1, -0.05) is 29.8 Å². The van der Waals surface area contributed by atoms with Crippen LogP contribution in [0.3, 0.4) is 0 Å². The molecule has 0 bridgehead atoms. The van der Waals surface area contributed by atoms with E-state index in [2.05, 4.69) is 0 Å². The molecular formula is C15H10ClNO2. The van der Waals surface area contributed by atoms with Crippen LogP contribution < -0.4 is 4.90 Å². The molecule has 3 nitrogen and oxygen atoms in total. The summed E-state index contributed by atoms with van der Waals surface area (Å²) in [6.45, 7) is 1.88. The van der Waals surface area contributed by atoms with Gasteiger partial charge in [0, 0.05) is 22.6 Å². The van der Waals surface area contributed by atoms with Crippen LogP contribution >= 0.6 is 11.6 Å². The molecule has 1 heterocycles. The van der Waals surface area contributed by atoms with Crippen molar-refractivity contribution in [3.05, 3.63) is 53.1 Å². The van der Waals surface area contributed by atoms with Gasteiger partial charge in [-0.3, -0.25) is 9.59 Å². The molecule has 0 aliphatic carbocycles. The maximum absolute atomic E-state index is 11.8. The third-order valence-electron chi connectivity index (χ3n) is 3.19. The molecule has 2 aromatic carbocycles. The van der Waals surface area contributed by atoms with Gasteiger partial charge in [0.05, 0.1) is 5.69 Å². The lowest BCUT2D eigenvalue weighted by atomic mass is 10.0. The second-order valence-electron chi connectivity index (χ2n) is 4.44. The number of fused-ring (bicyclic) bond motifs is 1. The van der Waals surface area contributed by atoms with E-state index in [9.17, 15) is 9.59 Å². The molecule has 2 amide bonds. The summed E-state index contributed by atoms with van der Waals surface area (Å²) in [6, 6.07) is 9.22. The molecule has 0 fully saturated rings. The van der Waals surface area contributed by atoms with E-state index < -0.39 is 0 Å². The monoisotopic (exact) mass is 271 g/mol. The standard InChI is InChI=1S/C15H10ClNO2/c1-9-2-3-10-8-11(16)4-5-12(10)15(9)17-13(18)6-7-14(17)19/h2-8H,1H3. The number of rotatable bonds is 1. The number of carbonyl (C=O) groups excluding carboxylic acids is 2. The number of aryl methyl sites for hydroxylation is 1. The van der Waals surface area contributed by atoms with Gasteiger partial charge in [0.15, 0.2) is 0 Å². The molecule has 0 N–H and O–H groups in total. The van der Waals surface area contributed by atoms with Crippen LogP contribution in [-0.4, -0.2) is 11.8 Å². The van der Waals surface area contributed by atoms with Crippen LogP contribution in [0.2, 0.25) is 5.02 Å². The van der Waals surface area contributed by atoms with E-state index in [-0.39, 0.29) is 11.8 Å². The number of hydrogen-bond acceptors (Lipinski definition) is 2. The molecule has 2 aromatic rings. The summed E-state index contributed by atoms with van der Waals surface area (Å²) in [5.74, 6) is -0.619. The highest BCUT2D eigenvalue weighted by atomic mass is 35.5. The molecule has 0 atom stereocenters. The minimum absolute atomic E-state index is 0.310. The maximum Gasteiger partial charge on any atom is 0.258 e. The van der Waals surface area contributed by atoms with Gasteiger partial charge in [0.1, 0.15) is 0 Å². The number of nitrogens with zero attached hydrogens (tertiary/aromatic N) is 1. The Morgan fingerprint density at radius 1 is 1.00 bits per heavy atom. The smallest absolute Gasteiger partial charge is 0.258 e. The van der Waals surface area contributed by atoms with Crippen LogP contribution in [0.5, 0.6) is 0 Å². The second-order valence-corrected chi connectivity index (χ2v) is 4.88. The van der Waals surface area contributed by atoms with Crippen molar-refractivity contribution in [3.63, 3.8) is 0 Å². The highest BCUT2D eigenvalue weighted by molar-refractivity contribution is 6.32. The normalized spacial score (nSPS) is 14.7. The van der Waals surface area contributed by atoms with Crippen molar-refractivity contribution >= 4 is 39.9 Å². The lowest BCUT2D eigenvalue weighted by Crippen LogP contribution is -2.30. The van der Waals surface area contributed by atoms with Crippen molar-refractivity contribution < 1.29 is 9.59 Å². The van der Waals surface area contributed by atoms with E-state index in [0.29, 0.717) is 10.7 Å². The number of hydrogen-bond donors (Lipinski definition) is 0. The molecule has 4 heteroatoms. The van der Waals surface area contributed by atoms with Crippen LogP contribution in [0.15, 0.2) is 42.5 Å². The summed E-state index contributed by atoms with van der Waals surface area (Å²) in [4.78, 5) is 24.9. The van der Waals surface area contributed by atoms with Crippen molar-refractivity contribution in [2.75, 3.05) is 4.90 Å². The summed E-state index contributed by atoms with van der Waals surface area (Å²) in [7, 11) is 0. The predicted octanol–water partition coefficient (Wildman–Crippen LogP) is 3.23. The van der Waals surface area contributed by atoms with Crippen LogP contribution in [0.4, 0.5) is 5.69 Å². The SMILES string of the molecule is Cc1ccc2cc(Cl)ccc2c1N1C(=O)C=CC1=O. The number of anilines is 1. The fourth-order valence-corrected chi connectivity index (χ4v) is 2.49. The quantitative estimate of drug-likeness (QED) is 0.747. The zero-order chi connectivity index (χ0) is 13.6. The van der Waals surface area contributed by atoms with Crippen LogP contribution in [-0.2, 0) is 9.59 Å². The Bertz CT molecular complexity index is 731. The lowest BCUT2D eigenvalue weighted by molar-refractivity contribution is -0.119. The summed E-state index contributed by atoms with van der Waals surface area (Å²) in [5, 5.41) is 2.37. The molecule has 1 aliphatic heterocycles. The molecule has 0 saturated heterocycles. The van der Waals surface area contributed by atoms with Crippen molar-refractivity contribution in [1.29, 1.82) is 0 Å². The first-order valence-electron chi connectivity index (χ1n) is 5.83. The van der Waals surface area contributed by atoms with Gasteiger partial charge in [0.25, 0.3) is 11.8 Å². The Morgan fingerprint density at radius 2 is 1.68 bits per heavy atom. The Labute approximate surface area is 115 Å². The minimum atomic E-state index is -0.310. The highest BCUT2D eigenvalue weighted by Gasteiger charge is 2.27. The van der Waals surface area contributed by atoms with E-state index >= 15 is 0 Å². The van der Waals surface area contributed by atoms with E-state index in [4.69, 9.17) is 11.6 Å². The number of halogens is 1. The fraction of sp³-hybridized carbons (Fsp3) is 0.0667. The van der Waals surface area contributed by atoms with Crippen LogP contribution in [0.1, 0.15) is 5.56 Å².